The van der Waals surface area contributed by atoms with Crippen LogP contribution in [0.1, 0.15) is 46.0 Å². The molecule has 0 aliphatic heterocycles. The summed E-state index contributed by atoms with van der Waals surface area (Å²) in [6.45, 7) is 4.88. The summed E-state index contributed by atoms with van der Waals surface area (Å²) in [5.41, 5.74) is 0. The molecule has 0 aliphatic carbocycles. The molecule has 118 valence electrons. The summed E-state index contributed by atoms with van der Waals surface area (Å²) >= 11 is 7.50. The molecule has 0 aromatic carbocycles. The van der Waals surface area contributed by atoms with Gasteiger partial charge < -0.3 is 4.74 Å². The van der Waals surface area contributed by atoms with Crippen molar-refractivity contribution < 1.29 is 9.53 Å². The van der Waals surface area contributed by atoms with Crippen LogP contribution in [0, 0.1) is 5.92 Å². The number of rotatable bonds is 10. The van der Waals surface area contributed by atoms with Gasteiger partial charge in [0.15, 0.2) is 0 Å². The van der Waals surface area contributed by atoms with Crippen molar-refractivity contribution in [2.45, 2.75) is 50.8 Å². The predicted octanol–water partition coefficient (Wildman–Crippen LogP) is 4.98. The maximum absolute atomic E-state index is 11.7. The molecule has 3 nitrogen and oxygen atoms in total. The average molecular weight is 330 g/mol. The van der Waals surface area contributed by atoms with E-state index in [0.717, 1.165) is 17.7 Å². The van der Waals surface area contributed by atoms with Gasteiger partial charge in [0.25, 0.3) is 0 Å². The predicted molar refractivity (Wildman–Crippen MR) is 88.9 cm³/mol. The fraction of sp³-hybridized carbons (Fsp3) is 0.625. The van der Waals surface area contributed by atoms with Crippen molar-refractivity contribution >= 4 is 29.3 Å². The van der Waals surface area contributed by atoms with Gasteiger partial charge in [0, 0.05) is 16.8 Å². The summed E-state index contributed by atoms with van der Waals surface area (Å²) < 4.78 is 5.36. The van der Waals surface area contributed by atoms with Gasteiger partial charge in [0.2, 0.25) is 0 Å². The highest BCUT2D eigenvalue weighted by atomic mass is 35.5. The molecule has 1 rings (SSSR count). The van der Waals surface area contributed by atoms with Crippen LogP contribution in [-0.4, -0.2) is 23.3 Å². The number of thioether (sulfide) groups is 1. The lowest BCUT2D eigenvalue weighted by atomic mass is 10.0. The van der Waals surface area contributed by atoms with Crippen LogP contribution < -0.4 is 0 Å². The lowest BCUT2D eigenvalue weighted by molar-refractivity contribution is -0.144. The molecular weight excluding hydrogens is 306 g/mol. The number of ether oxygens (including phenoxy) is 1. The Hall–Kier alpha value is -0.740. The number of carbonyl (C=O) groups is 1. The maximum atomic E-state index is 11.7. The SMILES string of the molecule is CCCCC(CC)COC(=O)CCSc1cccnc1Cl. The number of unbranched alkanes of at least 4 members (excludes halogenated alkanes) is 1. The van der Waals surface area contributed by atoms with E-state index in [-0.39, 0.29) is 5.97 Å². The monoisotopic (exact) mass is 329 g/mol. The quantitative estimate of drug-likeness (QED) is 0.345. The second-order valence-electron chi connectivity index (χ2n) is 4.99. The van der Waals surface area contributed by atoms with Crippen LogP contribution in [0.5, 0.6) is 0 Å². The van der Waals surface area contributed by atoms with E-state index in [1.165, 1.54) is 24.6 Å². The van der Waals surface area contributed by atoms with E-state index in [4.69, 9.17) is 16.3 Å². The molecule has 0 spiro atoms. The molecule has 0 aliphatic rings. The molecule has 0 amide bonds. The number of pyridine rings is 1. The van der Waals surface area contributed by atoms with Gasteiger partial charge in [-0.05, 0) is 24.5 Å². The fourth-order valence-electron chi connectivity index (χ4n) is 1.90. The summed E-state index contributed by atoms with van der Waals surface area (Å²) in [4.78, 5) is 16.6. The highest BCUT2D eigenvalue weighted by molar-refractivity contribution is 7.99. The molecule has 1 atom stereocenters. The summed E-state index contributed by atoms with van der Waals surface area (Å²) in [6.07, 6.45) is 6.65. The molecule has 0 saturated heterocycles. The van der Waals surface area contributed by atoms with Crippen LogP contribution in [0.4, 0.5) is 0 Å². The van der Waals surface area contributed by atoms with Gasteiger partial charge in [-0.3, -0.25) is 4.79 Å². The lowest BCUT2D eigenvalue weighted by Gasteiger charge is -2.14. The number of esters is 1. The topological polar surface area (TPSA) is 39.2 Å². The van der Waals surface area contributed by atoms with E-state index in [1.807, 2.05) is 12.1 Å². The largest absolute Gasteiger partial charge is 0.465 e. The van der Waals surface area contributed by atoms with E-state index in [1.54, 1.807) is 6.20 Å². The zero-order chi connectivity index (χ0) is 15.5. The van der Waals surface area contributed by atoms with Crippen molar-refractivity contribution in [1.29, 1.82) is 0 Å². The van der Waals surface area contributed by atoms with Crippen molar-refractivity contribution in [2.75, 3.05) is 12.4 Å². The Balaban J connectivity index is 2.20. The molecule has 0 fully saturated rings. The van der Waals surface area contributed by atoms with Crippen molar-refractivity contribution in [1.82, 2.24) is 4.98 Å². The smallest absolute Gasteiger partial charge is 0.306 e. The Morgan fingerprint density at radius 3 is 2.95 bits per heavy atom. The third kappa shape index (κ3) is 7.72. The Bertz CT molecular complexity index is 428. The van der Waals surface area contributed by atoms with E-state index >= 15 is 0 Å². The lowest BCUT2D eigenvalue weighted by Crippen LogP contribution is -2.14. The first-order valence-electron chi connectivity index (χ1n) is 7.56. The average Bonchev–Trinajstić information content (AvgIpc) is 2.49. The van der Waals surface area contributed by atoms with E-state index in [0.29, 0.717) is 29.9 Å². The van der Waals surface area contributed by atoms with E-state index in [9.17, 15) is 4.79 Å². The summed E-state index contributed by atoms with van der Waals surface area (Å²) in [5.74, 6) is 1.03. The highest BCUT2D eigenvalue weighted by Crippen LogP contribution is 2.25. The molecule has 1 heterocycles. The number of carbonyl (C=O) groups excluding carboxylic acids is 1. The molecule has 5 heteroatoms. The second kappa shape index (κ2) is 10.9. The Morgan fingerprint density at radius 1 is 1.48 bits per heavy atom. The van der Waals surface area contributed by atoms with Crippen molar-refractivity contribution in [3.8, 4) is 0 Å². The summed E-state index contributed by atoms with van der Waals surface area (Å²) in [5, 5.41) is 0.487. The van der Waals surface area contributed by atoms with Gasteiger partial charge in [-0.25, -0.2) is 4.98 Å². The summed E-state index contributed by atoms with van der Waals surface area (Å²) in [6, 6.07) is 3.75. The molecule has 1 unspecified atom stereocenters. The van der Waals surface area contributed by atoms with Crippen molar-refractivity contribution in [3.63, 3.8) is 0 Å². The molecule has 21 heavy (non-hydrogen) atoms. The normalized spacial score (nSPS) is 12.1. The van der Waals surface area contributed by atoms with Crippen LogP contribution >= 0.6 is 23.4 Å². The van der Waals surface area contributed by atoms with Gasteiger partial charge in [-0.1, -0.05) is 44.7 Å². The zero-order valence-electron chi connectivity index (χ0n) is 12.8. The first-order chi connectivity index (χ1) is 10.2. The van der Waals surface area contributed by atoms with Crippen LogP contribution in [-0.2, 0) is 9.53 Å². The Labute approximate surface area is 136 Å². The highest BCUT2D eigenvalue weighted by Gasteiger charge is 2.10. The zero-order valence-corrected chi connectivity index (χ0v) is 14.4. The van der Waals surface area contributed by atoms with Gasteiger partial charge in [-0.15, -0.1) is 11.8 Å². The molecular formula is C16H24ClNO2S. The first kappa shape index (κ1) is 18.3. The van der Waals surface area contributed by atoms with Gasteiger partial charge in [-0.2, -0.15) is 0 Å². The molecule has 0 bridgehead atoms. The molecule has 0 N–H and O–H groups in total. The van der Waals surface area contributed by atoms with Gasteiger partial charge in [0.1, 0.15) is 5.15 Å². The van der Waals surface area contributed by atoms with Crippen molar-refractivity contribution in [2.24, 2.45) is 5.92 Å². The first-order valence-corrected chi connectivity index (χ1v) is 8.92. The molecule has 0 radical (unpaired) electrons. The minimum atomic E-state index is -0.127. The number of hydrogen-bond acceptors (Lipinski definition) is 4. The Kier molecular flexibility index (Phi) is 9.51. The number of nitrogens with zero attached hydrogens (tertiary/aromatic N) is 1. The molecule has 0 saturated carbocycles. The van der Waals surface area contributed by atoms with Crippen LogP contribution in [0.3, 0.4) is 0 Å². The van der Waals surface area contributed by atoms with Crippen LogP contribution in [0.2, 0.25) is 5.15 Å². The maximum Gasteiger partial charge on any atom is 0.306 e. The van der Waals surface area contributed by atoms with Crippen molar-refractivity contribution in [3.05, 3.63) is 23.5 Å². The van der Waals surface area contributed by atoms with Crippen LogP contribution in [0.15, 0.2) is 23.2 Å². The van der Waals surface area contributed by atoms with Gasteiger partial charge in [0.05, 0.1) is 13.0 Å². The number of halogens is 1. The molecule has 1 aromatic rings. The van der Waals surface area contributed by atoms with E-state index in [2.05, 4.69) is 18.8 Å². The van der Waals surface area contributed by atoms with Crippen LogP contribution in [0.25, 0.3) is 0 Å². The van der Waals surface area contributed by atoms with E-state index < -0.39 is 0 Å². The second-order valence-corrected chi connectivity index (χ2v) is 6.49. The Morgan fingerprint density at radius 2 is 2.29 bits per heavy atom. The third-order valence-electron chi connectivity index (χ3n) is 3.31. The third-order valence-corrected chi connectivity index (χ3v) is 4.77. The fourth-order valence-corrected chi connectivity index (χ4v) is 3.02. The van der Waals surface area contributed by atoms with Gasteiger partial charge >= 0.3 is 5.97 Å². The number of hydrogen-bond donors (Lipinski definition) is 0. The standard InChI is InChI=1S/C16H24ClNO2S/c1-3-5-7-13(4-2)12-20-15(19)9-11-21-14-8-6-10-18-16(14)17/h6,8,10,13H,3-5,7,9,11-12H2,1-2H3. The minimum absolute atomic E-state index is 0.127. The molecule has 1 aromatic heterocycles. The number of aromatic nitrogens is 1. The minimum Gasteiger partial charge on any atom is -0.465 e. The summed E-state index contributed by atoms with van der Waals surface area (Å²) in [7, 11) is 0.